The Morgan fingerprint density at radius 3 is 2.64 bits per heavy atom. The summed E-state index contributed by atoms with van der Waals surface area (Å²) in [6.07, 6.45) is -0.160. The summed E-state index contributed by atoms with van der Waals surface area (Å²) in [5.41, 5.74) is 1.41. The summed E-state index contributed by atoms with van der Waals surface area (Å²) < 4.78 is 0. The summed E-state index contributed by atoms with van der Waals surface area (Å²) in [6, 6.07) is 7.11. The van der Waals surface area contributed by atoms with Crippen LogP contribution in [0.1, 0.15) is 15.9 Å². The molecule has 0 bridgehead atoms. The molecule has 3 N–H and O–H groups in total. The number of nitrogens with one attached hydrogen (secondary N) is 1. The topological polar surface area (TPSA) is 69.6 Å². The summed E-state index contributed by atoms with van der Waals surface area (Å²) in [6.45, 7) is 1.82. The fourth-order valence-corrected chi connectivity index (χ4v) is 1.11. The smallest absolute Gasteiger partial charge is 0.426 e. The van der Waals surface area contributed by atoms with E-state index in [1.807, 2.05) is 19.1 Å². The number of aryl methyl sites for hydroxylation is 1. The normalized spacial score (nSPS) is 9.64. The molecule has 0 radical (unpaired) electrons. The van der Waals surface area contributed by atoms with Gasteiger partial charge in [-0.05, 0) is 18.6 Å². The Balaban J connectivity index is 2.65. The quantitative estimate of drug-likeness (QED) is 0.579. The van der Waals surface area contributed by atoms with E-state index in [0.717, 1.165) is 5.56 Å². The Bertz CT molecular complexity index is 328. The molecule has 1 amide bonds. The minimum absolute atomic E-state index is 0.160. The van der Waals surface area contributed by atoms with E-state index in [1.165, 1.54) is 0 Å². The van der Waals surface area contributed by atoms with Crippen LogP contribution in [-0.2, 0) is 0 Å². The summed E-state index contributed by atoms with van der Waals surface area (Å²) in [4.78, 5) is 11.4. The number of hydrogen-bond donors (Lipinski definition) is 3. The molecule has 0 heterocycles. The van der Waals surface area contributed by atoms with E-state index in [4.69, 9.17) is 10.0 Å². The van der Waals surface area contributed by atoms with Crippen molar-refractivity contribution in [1.29, 1.82) is 0 Å². The number of carbonyl (C=O) groups is 1. The number of benzene rings is 1. The van der Waals surface area contributed by atoms with Gasteiger partial charge >= 0.3 is 7.12 Å². The predicted molar refractivity (Wildman–Crippen MR) is 53.7 cm³/mol. The molecule has 0 fully saturated rings. The molecule has 0 saturated heterocycles. The predicted octanol–water partition coefficient (Wildman–Crippen LogP) is -0.263. The molecule has 0 atom stereocenters. The van der Waals surface area contributed by atoms with Crippen molar-refractivity contribution in [3.63, 3.8) is 0 Å². The lowest BCUT2D eigenvalue weighted by molar-refractivity contribution is 0.0956. The SMILES string of the molecule is Cc1ccccc1C(=O)NCB(O)O. The van der Waals surface area contributed by atoms with Crippen LogP contribution in [0.2, 0.25) is 0 Å². The average molecular weight is 193 g/mol. The molecule has 0 spiro atoms. The van der Waals surface area contributed by atoms with E-state index in [2.05, 4.69) is 5.32 Å². The zero-order valence-electron chi connectivity index (χ0n) is 7.90. The fraction of sp³-hybridized carbons (Fsp3) is 0.222. The van der Waals surface area contributed by atoms with Gasteiger partial charge in [-0.2, -0.15) is 0 Å². The van der Waals surface area contributed by atoms with Crippen LogP contribution in [0.4, 0.5) is 0 Å². The van der Waals surface area contributed by atoms with Gasteiger partial charge in [-0.1, -0.05) is 18.2 Å². The van der Waals surface area contributed by atoms with Crippen LogP contribution in [0.15, 0.2) is 24.3 Å². The molecule has 5 heteroatoms. The Morgan fingerprint density at radius 1 is 1.43 bits per heavy atom. The van der Waals surface area contributed by atoms with Crippen LogP contribution >= 0.6 is 0 Å². The summed E-state index contributed by atoms with van der Waals surface area (Å²) >= 11 is 0. The van der Waals surface area contributed by atoms with E-state index in [1.54, 1.807) is 12.1 Å². The van der Waals surface area contributed by atoms with Crippen molar-refractivity contribution >= 4 is 13.0 Å². The second-order valence-corrected chi connectivity index (χ2v) is 3.01. The van der Waals surface area contributed by atoms with Crippen LogP contribution in [0.3, 0.4) is 0 Å². The molecule has 74 valence electrons. The lowest BCUT2D eigenvalue weighted by Gasteiger charge is -2.06. The maximum absolute atomic E-state index is 11.4. The molecule has 0 saturated carbocycles. The summed E-state index contributed by atoms with van der Waals surface area (Å²) in [5, 5.41) is 19.5. The molecule has 0 aromatic heterocycles. The van der Waals surface area contributed by atoms with Crippen molar-refractivity contribution in [2.75, 3.05) is 6.44 Å². The second-order valence-electron chi connectivity index (χ2n) is 3.01. The highest BCUT2D eigenvalue weighted by Gasteiger charge is 2.11. The monoisotopic (exact) mass is 193 g/mol. The second kappa shape index (κ2) is 4.78. The fourth-order valence-electron chi connectivity index (χ4n) is 1.11. The van der Waals surface area contributed by atoms with Crippen molar-refractivity contribution in [1.82, 2.24) is 5.32 Å². The van der Waals surface area contributed by atoms with Gasteiger partial charge in [0, 0.05) is 5.56 Å². The molecule has 0 unspecified atom stereocenters. The Labute approximate surface area is 82.7 Å². The van der Waals surface area contributed by atoms with Crippen molar-refractivity contribution in [2.45, 2.75) is 6.92 Å². The van der Waals surface area contributed by atoms with Crippen LogP contribution in [0.25, 0.3) is 0 Å². The molecule has 14 heavy (non-hydrogen) atoms. The molecule has 1 rings (SSSR count). The molecular formula is C9H12BNO3. The first kappa shape index (κ1) is 10.8. The van der Waals surface area contributed by atoms with Crippen molar-refractivity contribution < 1.29 is 14.8 Å². The van der Waals surface area contributed by atoms with Gasteiger partial charge in [0.1, 0.15) is 0 Å². The molecule has 1 aromatic carbocycles. The molecule has 0 aliphatic heterocycles. The van der Waals surface area contributed by atoms with Gasteiger partial charge in [-0.3, -0.25) is 4.79 Å². The summed E-state index contributed by atoms with van der Waals surface area (Å²) in [5.74, 6) is -0.295. The van der Waals surface area contributed by atoms with Crippen molar-refractivity contribution in [2.24, 2.45) is 0 Å². The molecular weight excluding hydrogens is 181 g/mol. The standard InChI is InChI=1S/C9H12BNO3/c1-7-4-2-3-5-8(7)9(12)11-6-10(13)14/h2-5,13-14H,6H2,1H3,(H,11,12). The van der Waals surface area contributed by atoms with Crippen LogP contribution in [0, 0.1) is 6.92 Å². The first-order chi connectivity index (χ1) is 6.61. The summed E-state index contributed by atoms with van der Waals surface area (Å²) in [7, 11) is -1.51. The van der Waals surface area contributed by atoms with Gasteiger partial charge < -0.3 is 15.4 Å². The minimum atomic E-state index is -1.51. The van der Waals surface area contributed by atoms with Gasteiger partial charge in [-0.25, -0.2) is 0 Å². The largest absolute Gasteiger partial charge is 0.472 e. The maximum Gasteiger partial charge on any atom is 0.472 e. The average Bonchev–Trinajstić information content (AvgIpc) is 2.15. The maximum atomic E-state index is 11.4. The highest BCUT2D eigenvalue weighted by Crippen LogP contribution is 2.05. The number of amides is 1. The van der Waals surface area contributed by atoms with Gasteiger partial charge in [0.15, 0.2) is 0 Å². The zero-order chi connectivity index (χ0) is 10.6. The van der Waals surface area contributed by atoms with Crippen molar-refractivity contribution in [3.05, 3.63) is 35.4 Å². The van der Waals surface area contributed by atoms with Crippen LogP contribution in [0.5, 0.6) is 0 Å². The van der Waals surface area contributed by atoms with Gasteiger partial charge in [0.05, 0.1) is 6.44 Å². The third-order valence-electron chi connectivity index (χ3n) is 1.83. The first-order valence-electron chi connectivity index (χ1n) is 4.31. The van der Waals surface area contributed by atoms with E-state index in [-0.39, 0.29) is 12.4 Å². The lowest BCUT2D eigenvalue weighted by Crippen LogP contribution is -2.35. The number of rotatable bonds is 3. The van der Waals surface area contributed by atoms with Gasteiger partial charge in [-0.15, -0.1) is 0 Å². The lowest BCUT2D eigenvalue weighted by atomic mass is 9.92. The third kappa shape index (κ3) is 2.87. The van der Waals surface area contributed by atoms with Gasteiger partial charge in [0.25, 0.3) is 5.91 Å². The molecule has 0 aliphatic carbocycles. The molecule has 1 aromatic rings. The Hall–Kier alpha value is -1.33. The van der Waals surface area contributed by atoms with E-state index < -0.39 is 7.12 Å². The van der Waals surface area contributed by atoms with Crippen LogP contribution < -0.4 is 5.32 Å². The van der Waals surface area contributed by atoms with E-state index in [9.17, 15) is 4.79 Å². The Morgan fingerprint density at radius 2 is 2.07 bits per heavy atom. The third-order valence-corrected chi connectivity index (χ3v) is 1.83. The minimum Gasteiger partial charge on any atom is -0.426 e. The first-order valence-corrected chi connectivity index (χ1v) is 4.31. The van der Waals surface area contributed by atoms with Crippen LogP contribution in [-0.4, -0.2) is 29.5 Å². The number of hydrogen-bond acceptors (Lipinski definition) is 3. The van der Waals surface area contributed by atoms with Gasteiger partial charge in [0.2, 0.25) is 0 Å². The van der Waals surface area contributed by atoms with Crippen molar-refractivity contribution in [3.8, 4) is 0 Å². The Kier molecular flexibility index (Phi) is 3.68. The molecule has 4 nitrogen and oxygen atoms in total. The zero-order valence-corrected chi connectivity index (χ0v) is 7.90. The number of carbonyl (C=O) groups excluding carboxylic acids is 1. The highest BCUT2D eigenvalue weighted by atomic mass is 16.4. The highest BCUT2D eigenvalue weighted by molar-refractivity contribution is 6.41. The molecule has 0 aliphatic rings. The van der Waals surface area contributed by atoms with E-state index >= 15 is 0 Å². The van der Waals surface area contributed by atoms with E-state index in [0.29, 0.717) is 5.56 Å².